The van der Waals surface area contributed by atoms with Gasteiger partial charge < -0.3 is 5.32 Å². The van der Waals surface area contributed by atoms with E-state index < -0.39 is 10.0 Å². The van der Waals surface area contributed by atoms with E-state index in [0.29, 0.717) is 18.7 Å². The lowest BCUT2D eigenvalue weighted by atomic mass is 10.1. The topological polar surface area (TPSA) is 89.3 Å². The number of sulfonamides is 1. The van der Waals surface area contributed by atoms with E-state index >= 15 is 0 Å². The number of rotatable bonds is 8. The summed E-state index contributed by atoms with van der Waals surface area (Å²) in [7, 11) is -3.66. The van der Waals surface area contributed by atoms with Gasteiger partial charge in [0.1, 0.15) is 0 Å². The average Bonchev–Trinajstić information content (AvgIpc) is 2.56. The Morgan fingerprint density at radius 3 is 2.24 bits per heavy atom. The molecule has 0 atom stereocenters. The van der Waals surface area contributed by atoms with Crippen molar-refractivity contribution in [1.82, 2.24) is 5.32 Å². The van der Waals surface area contributed by atoms with Crippen LogP contribution in [0.5, 0.6) is 0 Å². The molecule has 0 saturated heterocycles. The maximum absolute atomic E-state index is 11.8. The minimum atomic E-state index is -3.66. The first-order chi connectivity index (χ1) is 11.8. The fraction of sp³-hybridized carbons (Fsp3) is 0.278. The highest BCUT2D eigenvalue weighted by molar-refractivity contribution is 7.99. The van der Waals surface area contributed by atoms with Gasteiger partial charge in [-0.25, -0.2) is 13.6 Å². The summed E-state index contributed by atoms with van der Waals surface area (Å²) < 4.78 is 22.4. The zero-order valence-electron chi connectivity index (χ0n) is 14.1. The largest absolute Gasteiger partial charge is 0.355 e. The molecule has 0 radical (unpaired) electrons. The predicted molar refractivity (Wildman–Crippen MR) is 102 cm³/mol. The first-order valence-corrected chi connectivity index (χ1v) is 10.6. The van der Waals surface area contributed by atoms with Crippen LogP contribution >= 0.6 is 11.8 Å². The number of hydrogen-bond acceptors (Lipinski definition) is 4. The third-order valence-corrected chi connectivity index (χ3v) is 5.54. The molecule has 1 amide bonds. The molecule has 0 aliphatic heterocycles. The van der Waals surface area contributed by atoms with Crippen LogP contribution in [0.2, 0.25) is 0 Å². The molecule has 0 fully saturated rings. The number of nitrogens with two attached hydrogens (primary N) is 1. The monoisotopic (exact) mass is 378 g/mol. The average molecular weight is 379 g/mol. The molecule has 0 aromatic heterocycles. The second kappa shape index (κ2) is 9.03. The molecule has 7 heteroatoms. The van der Waals surface area contributed by atoms with Crippen LogP contribution in [-0.4, -0.2) is 26.6 Å². The summed E-state index contributed by atoms with van der Waals surface area (Å²) >= 11 is 1.58. The van der Waals surface area contributed by atoms with Crippen molar-refractivity contribution in [1.29, 1.82) is 0 Å². The number of primary sulfonamides is 1. The number of benzene rings is 2. The Labute approximate surface area is 153 Å². The summed E-state index contributed by atoms with van der Waals surface area (Å²) in [6, 6.07) is 14.6. The van der Waals surface area contributed by atoms with Crippen LogP contribution in [-0.2, 0) is 27.0 Å². The summed E-state index contributed by atoms with van der Waals surface area (Å²) in [5.41, 5.74) is 3.38. The summed E-state index contributed by atoms with van der Waals surface area (Å²) in [4.78, 5) is 11.9. The van der Waals surface area contributed by atoms with E-state index in [9.17, 15) is 13.2 Å². The van der Waals surface area contributed by atoms with Gasteiger partial charge >= 0.3 is 0 Å². The van der Waals surface area contributed by atoms with Crippen molar-refractivity contribution in [2.45, 2.75) is 24.0 Å². The number of hydrogen-bond donors (Lipinski definition) is 2. The van der Waals surface area contributed by atoms with Crippen molar-refractivity contribution in [3.63, 3.8) is 0 Å². The van der Waals surface area contributed by atoms with E-state index in [1.165, 1.54) is 23.3 Å². The van der Waals surface area contributed by atoms with Gasteiger partial charge in [0.15, 0.2) is 0 Å². The third-order valence-electron chi connectivity index (χ3n) is 3.61. The van der Waals surface area contributed by atoms with Gasteiger partial charge in [-0.3, -0.25) is 4.79 Å². The molecular weight excluding hydrogens is 356 g/mol. The van der Waals surface area contributed by atoms with Crippen LogP contribution in [0, 0.1) is 6.92 Å². The first-order valence-electron chi connectivity index (χ1n) is 7.86. The summed E-state index contributed by atoms with van der Waals surface area (Å²) in [5.74, 6) is 1.22. The molecule has 0 unspecified atom stereocenters. The van der Waals surface area contributed by atoms with Crippen LogP contribution in [0.4, 0.5) is 0 Å². The van der Waals surface area contributed by atoms with Crippen LogP contribution in [0.3, 0.4) is 0 Å². The van der Waals surface area contributed by atoms with E-state index in [2.05, 4.69) is 29.6 Å². The molecule has 2 rings (SSSR count). The van der Waals surface area contributed by atoms with Gasteiger partial charge in [-0.2, -0.15) is 0 Å². The van der Waals surface area contributed by atoms with Crippen LogP contribution in [0.25, 0.3) is 0 Å². The van der Waals surface area contributed by atoms with E-state index in [1.54, 1.807) is 23.9 Å². The quantitative estimate of drug-likeness (QED) is 0.737. The maximum atomic E-state index is 11.8. The standard InChI is InChI=1S/C18H22N2O3S2/c1-14-2-4-16(5-3-14)12-24-13-18(21)20-11-10-15-6-8-17(9-7-15)25(19,22)23/h2-9H,10-13H2,1H3,(H,20,21)(H2,19,22,23). The zero-order valence-corrected chi connectivity index (χ0v) is 15.7. The lowest BCUT2D eigenvalue weighted by molar-refractivity contribution is -0.118. The zero-order chi connectivity index (χ0) is 18.3. The van der Waals surface area contributed by atoms with Gasteiger partial charge in [-0.1, -0.05) is 42.0 Å². The van der Waals surface area contributed by atoms with Crippen molar-refractivity contribution in [3.05, 3.63) is 65.2 Å². The number of nitrogens with one attached hydrogen (secondary N) is 1. The Balaban J connectivity index is 1.67. The Bertz CT molecular complexity index is 801. The smallest absolute Gasteiger partial charge is 0.238 e. The van der Waals surface area contributed by atoms with Gasteiger partial charge in [-0.05, 0) is 36.6 Å². The van der Waals surface area contributed by atoms with E-state index in [0.717, 1.165) is 11.3 Å². The molecule has 0 bridgehead atoms. The van der Waals surface area contributed by atoms with Gasteiger partial charge in [-0.15, -0.1) is 11.8 Å². The summed E-state index contributed by atoms with van der Waals surface area (Å²) in [5, 5.41) is 7.92. The predicted octanol–water partition coefficient (Wildman–Crippen LogP) is 2.23. The lowest BCUT2D eigenvalue weighted by Gasteiger charge is -2.06. The van der Waals surface area contributed by atoms with Crippen molar-refractivity contribution in [2.75, 3.05) is 12.3 Å². The minimum Gasteiger partial charge on any atom is -0.355 e. The Kier molecular flexibility index (Phi) is 7.04. The number of aryl methyl sites for hydroxylation is 1. The van der Waals surface area contributed by atoms with Gasteiger partial charge in [0.05, 0.1) is 10.6 Å². The first kappa shape index (κ1) is 19.5. The number of carbonyl (C=O) groups is 1. The molecule has 0 aliphatic rings. The SMILES string of the molecule is Cc1ccc(CSCC(=O)NCCc2ccc(S(N)(=O)=O)cc2)cc1. The van der Waals surface area contributed by atoms with Crippen LogP contribution < -0.4 is 10.5 Å². The van der Waals surface area contributed by atoms with Gasteiger partial charge in [0.2, 0.25) is 15.9 Å². The molecule has 5 nitrogen and oxygen atoms in total. The normalized spacial score (nSPS) is 11.3. The molecule has 134 valence electrons. The third kappa shape index (κ3) is 6.89. The summed E-state index contributed by atoms with van der Waals surface area (Å²) in [6.07, 6.45) is 0.638. The molecule has 0 saturated carbocycles. The van der Waals surface area contributed by atoms with Gasteiger partial charge in [0, 0.05) is 12.3 Å². The molecule has 2 aromatic carbocycles. The maximum Gasteiger partial charge on any atom is 0.238 e. The second-order valence-electron chi connectivity index (χ2n) is 5.77. The minimum absolute atomic E-state index is 0.00160. The molecule has 2 aromatic rings. The van der Waals surface area contributed by atoms with Crippen molar-refractivity contribution >= 4 is 27.7 Å². The second-order valence-corrected chi connectivity index (χ2v) is 8.31. The number of carbonyl (C=O) groups excluding carboxylic acids is 1. The molecule has 0 aliphatic carbocycles. The highest BCUT2D eigenvalue weighted by Gasteiger charge is 2.07. The number of thioether (sulfide) groups is 1. The fourth-order valence-corrected chi connectivity index (χ4v) is 3.52. The Morgan fingerprint density at radius 1 is 1.04 bits per heavy atom. The van der Waals surface area contributed by atoms with Crippen LogP contribution in [0.1, 0.15) is 16.7 Å². The molecular formula is C18H22N2O3S2. The highest BCUT2D eigenvalue weighted by Crippen LogP contribution is 2.13. The number of amides is 1. The molecule has 0 heterocycles. The van der Waals surface area contributed by atoms with E-state index in [1.807, 2.05) is 6.92 Å². The van der Waals surface area contributed by atoms with Crippen molar-refractivity contribution in [2.24, 2.45) is 5.14 Å². The Hall–Kier alpha value is -1.83. The van der Waals surface area contributed by atoms with E-state index in [-0.39, 0.29) is 10.8 Å². The Morgan fingerprint density at radius 2 is 1.64 bits per heavy atom. The molecule has 3 N–H and O–H groups in total. The van der Waals surface area contributed by atoms with Crippen molar-refractivity contribution < 1.29 is 13.2 Å². The fourth-order valence-electron chi connectivity index (χ4n) is 2.19. The molecule has 25 heavy (non-hydrogen) atoms. The molecule has 0 spiro atoms. The summed E-state index contributed by atoms with van der Waals surface area (Å²) in [6.45, 7) is 2.56. The van der Waals surface area contributed by atoms with E-state index in [4.69, 9.17) is 5.14 Å². The van der Waals surface area contributed by atoms with Crippen LogP contribution in [0.15, 0.2) is 53.4 Å². The highest BCUT2D eigenvalue weighted by atomic mass is 32.2. The van der Waals surface area contributed by atoms with Gasteiger partial charge in [0.25, 0.3) is 0 Å². The lowest BCUT2D eigenvalue weighted by Crippen LogP contribution is -2.27. The van der Waals surface area contributed by atoms with Crippen molar-refractivity contribution in [3.8, 4) is 0 Å².